The maximum atomic E-state index is 10.1. The fraction of sp³-hybridized carbons (Fsp3) is 0.143. The predicted molar refractivity (Wildman–Crippen MR) is 41.0 cm³/mol. The number of aliphatic hydroxyl groups is 1. The van der Waals surface area contributed by atoms with Crippen LogP contribution in [0.4, 0.5) is 5.69 Å². The molecule has 1 rings (SSSR count). The van der Waals surface area contributed by atoms with Gasteiger partial charge in [0.05, 0.1) is 0 Å². The summed E-state index contributed by atoms with van der Waals surface area (Å²) in [5, 5.41) is 11.6. The summed E-state index contributed by atoms with van der Waals surface area (Å²) < 4.78 is 0. The molecule has 0 radical (unpaired) electrons. The lowest BCUT2D eigenvalue weighted by atomic mass is 10.1. The largest absolute Gasteiger partial charge is 0.374 e. The molecule has 0 aliphatic rings. The van der Waals surface area contributed by atoms with E-state index in [1.165, 1.54) is 6.07 Å². The molecule has 0 saturated heterocycles. The first-order chi connectivity index (χ1) is 5.25. The molecule has 0 aromatic heterocycles. The Morgan fingerprint density at radius 2 is 2.09 bits per heavy atom. The van der Waals surface area contributed by atoms with Crippen LogP contribution in [0.2, 0.25) is 0 Å². The van der Waals surface area contributed by atoms with Crippen molar-refractivity contribution < 1.29 is 5.11 Å². The molecule has 4 heteroatoms. The van der Waals surface area contributed by atoms with Crippen molar-refractivity contribution in [1.29, 1.82) is 0 Å². The average molecular weight is 152 g/mol. The lowest BCUT2D eigenvalue weighted by molar-refractivity contribution is 0.187. The minimum atomic E-state index is -1.14. The second-order valence-electron chi connectivity index (χ2n) is 2.09. The Bertz CT molecular complexity index is 260. The van der Waals surface area contributed by atoms with Crippen molar-refractivity contribution in [2.24, 2.45) is 10.9 Å². The van der Waals surface area contributed by atoms with Crippen LogP contribution in [0.15, 0.2) is 29.4 Å². The zero-order valence-corrected chi connectivity index (χ0v) is 5.77. The standard InChI is InChI=1S/C7H8N2O2/c8-7(10)5-3-1-2-4-6(5)9-11/h1-4,7,10H,8H2/t7-/m1/s1. The van der Waals surface area contributed by atoms with Gasteiger partial charge in [-0.15, -0.1) is 4.91 Å². The predicted octanol–water partition coefficient (Wildman–Crippen LogP) is 1.03. The number of hydrogen-bond donors (Lipinski definition) is 2. The highest BCUT2D eigenvalue weighted by atomic mass is 16.3. The summed E-state index contributed by atoms with van der Waals surface area (Å²) in [6.07, 6.45) is -1.14. The summed E-state index contributed by atoms with van der Waals surface area (Å²) in [6.45, 7) is 0. The van der Waals surface area contributed by atoms with Crippen LogP contribution in [0.3, 0.4) is 0 Å². The molecule has 0 aliphatic carbocycles. The Hall–Kier alpha value is -1.26. The van der Waals surface area contributed by atoms with E-state index < -0.39 is 6.23 Å². The number of benzene rings is 1. The lowest BCUT2D eigenvalue weighted by Gasteiger charge is -2.04. The normalized spacial score (nSPS) is 12.5. The highest BCUT2D eigenvalue weighted by Crippen LogP contribution is 2.21. The quantitative estimate of drug-likeness (QED) is 0.491. The van der Waals surface area contributed by atoms with Gasteiger partial charge >= 0.3 is 0 Å². The van der Waals surface area contributed by atoms with Crippen LogP contribution >= 0.6 is 0 Å². The lowest BCUT2D eigenvalue weighted by Crippen LogP contribution is -2.08. The first-order valence-electron chi connectivity index (χ1n) is 3.11. The third kappa shape index (κ3) is 1.60. The number of nitroso groups, excluding NO2 is 1. The van der Waals surface area contributed by atoms with E-state index in [1.54, 1.807) is 18.2 Å². The van der Waals surface area contributed by atoms with Crippen molar-refractivity contribution in [2.45, 2.75) is 6.23 Å². The van der Waals surface area contributed by atoms with Crippen LogP contribution < -0.4 is 5.73 Å². The SMILES string of the molecule is N[C@H](O)c1ccccc1N=O. The van der Waals surface area contributed by atoms with Gasteiger partial charge in [-0.3, -0.25) is 0 Å². The molecule has 1 aromatic rings. The summed E-state index contributed by atoms with van der Waals surface area (Å²) in [4.78, 5) is 10.1. The maximum absolute atomic E-state index is 10.1. The van der Waals surface area contributed by atoms with E-state index in [0.29, 0.717) is 5.56 Å². The van der Waals surface area contributed by atoms with E-state index in [-0.39, 0.29) is 5.69 Å². The summed E-state index contributed by atoms with van der Waals surface area (Å²) in [7, 11) is 0. The molecule has 0 aliphatic heterocycles. The number of nitrogens with two attached hydrogens (primary N) is 1. The Morgan fingerprint density at radius 3 is 2.55 bits per heavy atom. The van der Waals surface area contributed by atoms with Gasteiger partial charge in [-0.05, 0) is 11.2 Å². The summed E-state index contributed by atoms with van der Waals surface area (Å²) in [6, 6.07) is 6.39. The van der Waals surface area contributed by atoms with Crippen LogP contribution in [0.25, 0.3) is 0 Å². The van der Waals surface area contributed by atoms with Crippen LogP contribution in [0.5, 0.6) is 0 Å². The Labute approximate surface area is 63.6 Å². The Balaban J connectivity index is 3.12. The molecule has 0 amide bonds. The van der Waals surface area contributed by atoms with E-state index in [0.717, 1.165) is 0 Å². The fourth-order valence-corrected chi connectivity index (χ4v) is 0.821. The molecular weight excluding hydrogens is 144 g/mol. The van der Waals surface area contributed by atoms with Gasteiger partial charge in [-0.1, -0.05) is 18.2 Å². The second-order valence-corrected chi connectivity index (χ2v) is 2.09. The molecule has 1 aromatic carbocycles. The van der Waals surface area contributed by atoms with E-state index >= 15 is 0 Å². The minimum absolute atomic E-state index is 0.183. The van der Waals surface area contributed by atoms with Gasteiger partial charge in [0, 0.05) is 5.56 Å². The van der Waals surface area contributed by atoms with E-state index in [2.05, 4.69) is 5.18 Å². The highest BCUT2D eigenvalue weighted by molar-refractivity contribution is 5.46. The molecule has 0 saturated carbocycles. The van der Waals surface area contributed by atoms with Gasteiger partial charge in [-0.25, -0.2) is 0 Å². The molecule has 0 bridgehead atoms. The molecule has 1 atom stereocenters. The summed E-state index contributed by atoms with van der Waals surface area (Å²) >= 11 is 0. The van der Waals surface area contributed by atoms with E-state index in [1.807, 2.05) is 0 Å². The van der Waals surface area contributed by atoms with Gasteiger partial charge in [0.15, 0.2) is 0 Å². The van der Waals surface area contributed by atoms with Gasteiger partial charge < -0.3 is 10.8 Å². The van der Waals surface area contributed by atoms with Crippen molar-refractivity contribution in [1.82, 2.24) is 0 Å². The molecule has 0 unspecified atom stereocenters. The molecule has 0 fully saturated rings. The number of hydrogen-bond acceptors (Lipinski definition) is 4. The number of aliphatic hydroxyl groups excluding tert-OH is 1. The molecule has 0 heterocycles. The molecule has 3 N–H and O–H groups in total. The Kier molecular flexibility index (Phi) is 2.30. The highest BCUT2D eigenvalue weighted by Gasteiger charge is 2.06. The van der Waals surface area contributed by atoms with Crippen molar-refractivity contribution >= 4 is 5.69 Å². The maximum Gasteiger partial charge on any atom is 0.130 e. The number of rotatable bonds is 2. The van der Waals surface area contributed by atoms with Crippen molar-refractivity contribution in [3.8, 4) is 0 Å². The van der Waals surface area contributed by atoms with Crippen LogP contribution in [-0.2, 0) is 0 Å². The first kappa shape index (κ1) is 7.84. The smallest absolute Gasteiger partial charge is 0.130 e. The monoisotopic (exact) mass is 152 g/mol. The summed E-state index contributed by atoms with van der Waals surface area (Å²) in [5.41, 5.74) is 5.68. The van der Waals surface area contributed by atoms with Gasteiger partial charge in [0.1, 0.15) is 11.9 Å². The van der Waals surface area contributed by atoms with Crippen LogP contribution in [0, 0.1) is 4.91 Å². The van der Waals surface area contributed by atoms with Gasteiger partial charge in [0.25, 0.3) is 0 Å². The zero-order valence-electron chi connectivity index (χ0n) is 5.77. The zero-order chi connectivity index (χ0) is 8.27. The topological polar surface area (TPSA) is 75.7 Å². The molecule has 0 spiro atoms. The fourth-order valence-electron chi connectivity index (χ4n) is 0.821. The van der Waals surface area contributed by atoms with E-state index in [4.69, 9.17) is 10.8 Å². The van der Waals surface area contributed by atoms with Crippen molar-refractivity contribution in [3.63, 3.8) is 0 Å². The van der Waals surface area contributed by atoms with Crippen LogP contribution in [0.1, 0.15) is 11.8 Å². The van der Waals surface area contributed by atoms with Crippen molar-refractivity contribution in [3.05, 3.63) is 34.7 Å². The minimum Gasteiger partial charge on any atom is -0.374 e. The first-order valence-corrected chi connectivity index (χ1v) is 3.11. The molecule has 58 valence electrons. The number of nitrogens with zero attached hydrogens (tertiary/aromatic N) is 1. The van der Waals surface area contributed by atoms with Gasteiger partial charge in [0.2, 0.25) is 0 Å². The van der Waals surface area contributed by atoms with Gasteiger partial charge in [-0.2, -0.15) is 0 Å². The van der Waals surface area contributed by atoms with E-state index in [9.17, 15) is 4.91 Å². The molecule has 4 nitrogen and oxygen atoms in total. The molecular formula is C7H8N2O2. The van der Waals surface area contributed by atoms with Crippen molar-refractivity contribution in [2.75, 3.05) is 0 Å². The third-order valence-electron chi connectivity index (χ3n) is 1.35. The molecule has 11 heavy (non-hydrogen) atoms. The second kappa shape index (κ2) is 3.23. The summed E-state index contributed by atoms with van der Waals surface area (Å²) in [5.74, 6) is 0. The average Bonchev–Trinajstić information content (AvgIpc) is 2.04. The Morgan fingerprint density at radius 1 is 1.45 bits per heavy atom. The third-order valence-corrected chi connectivity index (χ3v) is 1.35. The van der Waals surface area contributed by atoms with Crippen LogP contribution in [-0.4, -0.2) is 5.11 Å².